The highest BCUT2D eigenvalue weighted by Gasteiger charge is 2.38. The normalized spacial score (nSPS) is 40.1. The number of likely N-dealkylation sites (N-methyl/N-ethyl adjacent to an activating group) is 1. The van der Waals surface area contributed by atoms with Crippen molar-refractivity contribution in [2.45, 2.75) is 31.3 Å². The number of likely N-dealkylation sites (tertiary alicyclic amines) is 1. The molecule has 11 heavy (non-hydrogen) atoms. The third-order valence-electron chi connectivity index (χ3n) is 2.94. The monoisotopic (exact) mass is 155 g/mol. The van der Waals surface area contributed by atoms with Crippen LogP contribution < -0.4 is 0 Å². The molecule has 1 spiro atoms. The Morgan fingerprint density at radius 2 is 2.18 bits per heavy atom. The Labute approximate surface area is 68.5 Å². The quantitative estimate of drug-likeness (QED) is 0.522. The minimum Gasteiger partial charge on any atom is -0.374 e. The first-order chi connectivity index (χ1) is 5.31. The summed E-state index contributed by atoms with van der Waals surface area (Å²) in [5.41, 5.74) is 0.271. The second-order valence-electron chi connectivity index (χ2n) is 3.98. The fourth-order valence-electron chi connectivity index (χ4n) is 2.28. The summed E-state index contributed by atoms with van der Waals surface area (Å²) in [6.07, 6.45) is 5.18. The number of nitrogens with zero attached hydrogens (tertiary/aromatic N) is 1. The molecule has 0 radical (unpaired) electrons. The van der Waals surface area contributed by atoms with Gasteiger partial charge in [0.05, 0.1) is 5.60 Å². The molecule has 64 valence electrons. The van der Waals surface area contributed by atoms with Crippen LogP contribution in [0.5, 0.6) is 0 Å². The standard InChI is InChI=1S/C9H17NO/c1-10-6-5-9(8-10)4-2-3-7-11-9/h2-8H2,1H3. The Kier molecular flexibility index (Phi) is 1.90. The highest BCUT2D eigenvalue weighted by atomic mass is 16.5. The molecule has 0 aliphatic carbocycles. The average molecular weight is 155 g/mol. The van der Waals surface area contributed by atoms with Crippen LogP contribution in [0, 0.1) is 0 Å². The van der Waals surface area contributed by atoms with Gasteiger partial charge < -0.3 is 9.64 Å². The maximum atomic E-state index is 5.86. The predicted molar refractivity (Wildman–Crippen MR) is 44.6 cm³/mol. The maximum Gasteiger partial charge on any atom is 0.0820 e. The lowest BCUT2D eigenvalue weighted by Crippen LogP contribution is -2.38. The first-order valence-electron chi connectivity index (χ1n) is 4.63. The lowest BCUT2D eigenvalue weighted by atomic mass is 9.93. The molecule has 0 aromatic heterocycles. The van der Waals surface area contributed by atoms with Crippen LogP contribution in [0.3, 0.4) is 0 Å². The summed E-state index contributed by atoms with van der Waals surface area (Å²) < 4.78 is 5.86. The lowest BCUT2D eigenvalue weighted by Gasteiger charge is -2.33. The van der Waals surface area contributed by atoms with Gasteiger partial charge in [0.25, 0.3) is 0 Å². The molecule has 0 aromatic carbocycles. The highest BCUT2D eigenvalue weighted by molar-refractivity contribution is 4.92. The molecule has 2 heteroatoms. The molecule has 2 heterocycles. The molecule has 0 saturated carbocycles. The Morgan fingerprint density at radius 1 is 1.27 bits per heavy atom. The molecule has 0 bridgehead atoms. The molecule has 0 amide bonds. The van der Waals surface area contributed by atoms with Crippen molar-refractivity contribution in [3.8, 4) is 0 Å². The second kappa shape index (κ2) is 2.76. The Morgan fingerprint density at radius 3 is 2.73 bits per heavy atom. The van der Waals surface area contributed by atoms with E-state index in [4.69, 9.17) is 4.74 Å². The van der Waals surface area contributed by atoms with Crippen molar-refractivity contribution in [3.63, 3.8) is 0 Å². The summed E-state index contributed by atoms with van der Waals surface area (Å²) in [5, 5.41) is 0. The van der Waals surface area contributed by atoms with Crippen molar-refractivity contribution >= 4 is 0 Å². The molecule has 2 aliphatic heterocycles. The number of hydrogen-bond acceptors (Lipinski definition) is 2. The molecule has 2 nitrogen and oxygen atoms in total. The summed E-state index contributed by atoms with van der Waals surface area (Å²) in [4.78, 5) is 2.38. The van der Waals surface area contributed by atoms with Crippen LogP contribution in [0.15, 0.2) is 0 Å². The number of ether oxygens (including phenoxy) is 1. The SMILES string of the molecule is CN1CCC2(CCCCO2)C1. The molecule has 2 rings (SSSR count). The molecular weight excluding hydrogens is 138 g/mol. The Balaban J connectivity index is 1.98. The van der Waals surface area contributed by atoms with Crippen LogP contribution in [0.1, 0.15) is 25.7 Å². The average Bonchev–Trinajstić information content (AvgIpc) is 2.34. The molecule has 0 aromatic rings. The molecule has 1 unspecified atom stereocenters. The molecule has 2 saturated heterocycles. The largest absolute Gasteiger partial charge is 0.374 e. The van der Waals surface area contributed by atoms with Crippen LogP contribution in [-0.2, 0) is 4.74 Å². The van der Waals surface area contributed by atoms with E-state index in [9.17, 15) is 0 Å². The molecule has 2 fully saturated rings. The first kappa shape index (κ1) is 7.56. The van der Waals surface area contributed by atoms with E-state index in [1.807, 2.05) is 0 Å². The van der Waals surface area contributed by atoms with Crippen LogP contribution in [0.25, 0.3) is 0 Å². The summed E-state index contributed by atoms with van der Waals surface area (Å²) in [7, 11) is 2.19. The van der Waals surface area contributed by atoms with Crippen LogP contribution in [0.4, 0.5) is 0 Å². The van der Waals surface area contributed by atoms with E-state index in [1.54, 1.807) is 0 Å². The molecule has 1 atom stereocenters. The van der Waals surface area contributed by atoms with E-state index < -0.39 is 0 Å². The van der Waals surface area contributed by atoms with Crippen LogP contribution in [-0.4, -0.2) is 37.2 Å². The Hall–Kier alpha value is -0.0800. The number of rotatable bonds is 0. The van der Waals surface area contributed by atoms with Gasteiger partial charge in [0, 0.05) is 19.7 Å². The zero-order valence-electron chi connectivity index (χ0n) is 7.31. The van der Waals surface area contributed by atoms with E-state index in [1.165, 1.54) is 32.2 Å². The third-order valence-corrected chi connectivity index (χ3v) is 2.94. The van der Waals surface area contributed by atoms with Gasteiger partial charge in [-0.25, -0.2) is 0 Å². The zero-order valence-corrected chi connectivity index (χ0v) is 7.31. The highest BCUT2D eigenvalue weighted by Crippen LogP contribution is 2.32. The van der Waals surface area contributed by atoms with Gasteiger partial charge in [-0.3, -0.25) is 0 Å². The summed E-state index contributed by atoms with van der Waals surface area (Å²) in [6, 6.07) is 0. The van der Waals surface area contributed by atoms with E-state index in [2.05, 4.69) is 11.9 Å². The second-order valence-corrected chi connectivity index (χ2v) is 3.98. The van der Waals surface area contributed by atoms with E-state index in [0.717, 1.165) is 13.2 Å². The van der Waals surface area contributed by atoms with Gasteiger partial charge >= 0.3 is 0 Å². The lowest BCUT2D eigenvalue weighted by molar-refractivity contribution is -0.0684. The van der Waals surface area contributed by atoms with Crippen molar-refractivity contribution in [2.24, 2.45) is 0 Å². The number of hydrogen-bond donors (Lipinski definition) is 0. The van der Waals surface area contributed by atoms with Crippen molar-refractivity contribution in [3.05, 3.63) is 0 Å². The van der Waals surface area contributed by atoms with Crippen LogP contribution >= 0.6 is 0 Å². The van der Waals surface area contributed by atoms with Gasteiger partial charge in [0.1, 0.15) is 0 Å². The predicted octanol–water partition coefficient (Wildman–Crippen LogP) is 1.26. The van der Waals surface area contributed by atoms with Gasteiger partial charge in [-0.2, -0.15) is 0 Å². The smallest absolute Gasteiger partial charge is 0.0820 e. The van der Waals surface area contributed by atoms with Gasteiger partial charge in [-0.05, 0) is 32.7 Å². The van der Waals surface area contributed by atoms with E-state index in [0.29, 0.717) is 0 Å². The van der Waals surface area contributed by atoms with Gasteiger partial charge in [-0.15, -0.1) is 0 Å². The summed E-state index contributed by atoms with van der Waals surface area (Å²) in [5.74, 6) is 0. The topological polar surface area (TPSA) is 12.5 Å². The molecule has 0 N–H and O–H groups in total. The summed E-state index contributed by atoms with van der Waals surface area (Å²) >= 11 is 0. The maximum absolute atomic E-state index is 5.86. The fraction of sp³-hybridized carbons (Fsp3) is 1.00. The zero-order chi connectivity index (χ0) is 7.73. The van der Waals surface area contributed by atoms with Crippen molar-refractivity contribution < 1.29 is 4.74 Å². The van der Waals surface area contributed by atoms with Crippen molar-refractivity contribution in [1.29, 1.82) is 0 Å². The first-order valence-corrected chi connectivity index (χ1v) is 4.63. The van der Waals surface area contributed by atoms with Gasteiger partial charge in [-0.1, -0.05) is 0 Å². The van der Waals surface area contributed by atoms with Crippen molar-refractivity contribution in [1.82, 2.24) is 4.90 Å². The van der Waals surface area contributed by atoms with Gasteiger partial charge in [0.2, 0.25) is 0 Å². The minimum atomic E-state index is 0.271. The third kappa shape index (κ3) is 1.42. The molecular formula is C9H17NO. The fourth-order valence-corrected chi connectivity index (χ4v) is 2.28. The van der Waals surface area contributed by atoms with E-state index in [-0.39, 0.29) is 5.60 Å². The van der Waals surface area contributed by atoms with Crippen LogP contribution in [0.2, 0.25) is 0 Å². The molecule has 2 aliphatic rings. The van der Waals surface area contributed by atoms with Gasteiger partial charge in [0.15, 0.2) is 0 Å². The van der Waals surface area contributed by atoms with Crippen molar-refractivity contribution in [2.75, 3.05) is 26.7 Å². The Bertz CT molecular complexity index is 135. The summed E-state index contributed by atoms with van der Waals surface area (Å²) in [6.45, 7) is 3.38. The van der Waals surface area contributed by atoms with E-state index >= 15 is 0 Å². The minimum absolute atomic E-state index is 0.271.